The van der Waals surface area contributed by atoms with E-state index in [1.54, 1.807) is 14.2 Å². The standard InChI is InChI=1S/C12H23NO3/c1-4-12(14)13-10(8-15-2)6-5-7-11(13)9-16-3/h10-11H,4-9H2,1-3H3/t10-,11-/m1/s1. The molecule has 1 aliphatic heterocycles. The molecule has 0 aliphatic carbocycles. The second-order valence-electron chi connectivity index (χ2n) is 4.30. The molecule has 0 aromatic carbocycles. The first kappa shape index (κ1) is 13.5. The highest BCUT2D eigenvalue weighted by Gasteiger charge is 2.33. The summed E-state index contributed by atoms with van der Waals surface area (Å²) in [7, 11) is 3.38. The van der Waals surface area contributed by atoms with Gasteiger partial charge in [-0.2, -0.15) is 0 Å². The van der Waals surface area contributed by atoms with Gasteiger partial charge in [0.25, 0.3) is 0 Å². The Bertz CT molecular complexity index is 202. The van der Waals surface area contributed by atoms with Gasteiger partial charge in [-0.05, 0) is 19.3 Å². The Kier molecular flexibility index (Phi) is 5.77. The van der Waals surface area contributed by atoms with E-state index in [2.05, 4.69) is 0 Å². The van der Waals surface area contributed by atoms with Crippen LogP contribution in [0.1, 0.15) is 32.6 Å². The number of methoxy groups -OCH3 is 2. The second-order valence-corrected chi connectivity index (χ2v) is 4.30. The highest BCUT2D eigenvalue weighted by Crippen LogP contribution is 2.24. The van der Waals surface area contributed by atoms with E-state index in [0.29, 0.717) is 19.6 Å². The fourth-order valence-electron chi connectivity index (χ4n) is 2.47. The van der Waals surface area contributed by atoms with Gasteiger partial charge in [-0.25, -0.2) is 0 Å². The normalized spacial score (nSPS) is 25.8. The number of hydrogen-bond donors (Lipinski definition) is 0. The molecular weight excluding hydrogens is 206 g/mol. The van der Waals surface area contributed by atoms with Crippen LogP contribution in [0.25, 0.3) is 0 Å². The van der Waals surface area contributed by atoms with Gasteiger partial charge in [0.15, 0.2) is 0 Å². The lowest BCUT2D eigenvalue weighted by Gasteiger charge is -2.41. The molecule has 0 bridgehead atoms. The van der Waals surface area contributed by atoms with Crippen LogP contribution in [0, 0.1) is 0 Å². The van der Waals surface area contributed by atoms with Gasteiger partial charge in [0.2, 0.25) is 5.91 Å². The molecule has 1 heterocycles. The highest BCUT2D eigenvalue weighted by atomic mass is 16.5. The topological polar surface area (TPSA) is 38.8 Å². The lowest BCUT2D eigenvalue weighted by molar-refractivity contribution is -0.141. The zero-order valence-corrected chi connectivity index (χ0v) is 10.6. The fraction of sp³-hybridized carbons (Fsp3) is 0.917. The monoisotopic (exact) mass is 229 g/mol. The van der Waals surface area contributed by atoms with Gasteiger partial charge in [0.05, 0.1) is 25.3 Å². The molecule has 1 fully saturated rings. The molecular formula is C12H23NO3. The number of likely N-dealkylation sites (tertiary alicyclic amines) is 1. The zero-order chi connectivity index (χ0) is 12.0. The Morgan fingerprint density at radius 2 is 1.69 bits per heavy atom. The predicted molar refractivity (Wildman–Crippen MR) is 62.3 cm³/mol. The average molecular weight is 229 g/mol. The molecule has 0 N–H and O–H groups in total. The van der Waals surface area contributed by atoms with Crippen LogP contribution >= 0.6 is 0 Å². The van der Waals surface area contributed by atoms with Gasteiger partial charge in [-0.1, -0.05) is 6.92 Å². The number of carbonyl (C=O) groups excluding carboxylic acids is 1. The van der Waals surface area contributed by atoms with Crippen molar-refractivity contribution in [3.63, 3.8) is 0 Å². The fourth-order valence-corrected chi connectivity index (χ4v) is 2.47. The summed E-state index contributed by atoms with van der Waals surface area (Å²) in [6.07, 6.45) is 3.79. The minimum Gasteiger partial charge on any atom is -0.383 e. The van der Waals surface area contributed by atoms with E-state index in [1.165, 1.54) is 0 Å². The Hall–Kier alpha value is -0.610. The largest absolute Gasteiger partial charge is 0.383 e. The van der Waals surface area contributed by atoms with E-state index in [4.69, 9.17) is 9.47 Å². The van der Waals surface area contributed by atoms with Crippen molar-refractivity contribution in [3.8, 4) is 0 Å². The van der Waals surface area contributed by atoms with Crippen LogP contribution in [0.5, 0.6) is 0 Å². The lowest BCUT2D eigenvalue weighted by Crippen LogP contribution is -2.53. The molecule has 4 heteroatoms. The second kappa shape index (κ2) is 6.86. The maximum atomic E-state index is 12.0. The van der Waals surface area contributed by atoms with Crippen LogP contribution in [-0.2, 0) is 14.3 Å². The number of rotatable bonds is 5. The van der Waals surface area contributed by atoms with E-state index in [9.17, 15) is 4.79 Å². The number of nitrogens with zero attached hydrogens (tertiary/aromatic N) is 1. The quantitative estimate of drug-likeness (QED) is 0.716. The molecule has 0 radical (unpaired) electrons. The Balaban J connectivity index is 2.71. The minimum atomic E-state index is 0.212. The number of carbonyl (C=O) groups is 1. The third kappa shape index (κ3) is 3.19. The maximum absolute atomic E-state index is 12.0. The lowest BCUT2D eigenvalue weighted by atomic mass is 9.95. The van der Waals surface area contributed by atoms with Crippen LogP contribution in [0.3, 0.4) is 0 Å². The van der Waals surface area contributed by atoms with Gasteiger partial charge in [-0.15, -0.1) is 0 Å². The van der Waals surface area contributed by atoms with E-state index in [0.717, 1.165) is 19.3 Å². The van der Waals surface area contributed by atoms with Crippen LogP contribution < -0.4 is 0 Å². The van der Waals surface area contributed by atoms with E-state index in [-0.39, 0.29) is 18.0 Å². The van der Waals surface area contributed by atoms with E-state index in [1.807, 2.05) is 11.8 Å². The summed E-state index contributed by atoms with van der Waals surface area (Å²) in [6, 6.07) is 0.456. The molecule has 0 aromatic heterocycles. The molecule has 16 heavy (non-hydrogen) atoms. The summed E-state index contributed by atoms with van der Waals surface area (Å²) in [5.74, 6) is 0.212. The third-order valence-corrected chi connectivity index (χ3v) is 3.17. The maximum Gasteiger partial charge on any atom is 0.222 e. The van der Waals surface area contributed by atoms with Crippen LogP contribution in [-0.4, -0.2) is 50.3 Å². The summed E-state index contributed by atoms with van der Waals surface area (Å²) in [6.45, 7) is 3.17. The van der Waals surface area contributed by atoms with Crippen molar-refractivity contribution in [1.29, 1.82) is 0 Å². The average Bonchev–Trinajstić information content (AvgIpc) is 2.29. The van der Waals surface area contributed by atoms with Crippen molar-refractivity contribution in [1.82, 2.24) is 4.90 Å². The highest BCUT2D eigenvalue weighted by molar-refractivity contribution is 5.76. The summed E-state index contributed by atoms with van der Waals surface area (Å²) < 4.78 is 10.4. The predicted octanol–water partition coefficient (Wildman–Crippen LogP) is 1.44. The molecule has 1 amide bonds. The van der Waals surface area contributed by atoms with Gasteiger partial charge >= 0.3 is 0 Å². The van der Waals surface area contributed by atoms with E-state index >= 15 is 0 Å². The Labute approximate surface area is 97.9 Å². The van der Waals surface area contributed by atoms with Crippen molar-refractivity contribution in [3.05, 3.63) is 0 Å². The first-order valence-corrected chi connectivity index (χ1v) is 6.03. The summed E-state index contributed by atoms with van der Waals surface area (Å²) in [5, 5.41) is 0. The van der Waals surface area contributed by atoms with Crippen molar-refractivity contribution in [2.45, 2.75) is 44.7 Å². The number of piperidine rings is 1. The minimum absolute atomic E-state index is 0.212. The van der Waals surface area contributed by atoms with Crippen molar-refractivity contribution < 1.29 is 14.3 Å². The Morgan fingerprint density at radius 3 is 2.06 bits per heavy atom. The smallest absolute Gasteiger partial charge is 0.222 e. The summed E-state index contributed by atoms with van der Waals surface area (Å²) >= 11 is 0. The molecule has 0 saturated carbocycles. The number of ether oxygens (including phenoxy) is 2. The number of hydrogen-bond acceptors (Lipinski definition) is 3. The first-order chi connectivity index (χ1) is 7.74. The van der Waals surface area contributed by atoms with Gasteiger partial charge in [-0.3, -0.25) is 4.79 Å². The Morgan fingerprint density at radius 1 is 1.19 bits per heavy atom. The SMILES string of the molecule is CCC(=O)N1[C@@H](COC)CCC[C@@H]1COC. The van der Waals surface area contributed by atoms with Crippen LogP contribution in [0.2, 0.25) is 0 Å². The van der Waals surface area contributed by atoms with Crippen LogP contribution in [0.15, 0.2) is 0 Å². The molecule has 0 aromatic rings. The molecule has 0 unspecified atom stereocenters. The third-order valence-electron chi connectivity index (χ3n) is 3.17. The molecule has 4 nitrogen and oxygen atoms in total. The van der Waals surface area contributed by atoms with Crippen molar-refractivity contribution in [2.75, 3.05) is 27.4 Å². The first-order valence-electron chi connectivity index (χ1n) is 6.03. The summed E-state index contributed by atoms with van der Waals surface area (Å²) in [5.41, 5.74) is 0. The molecule has 1 saturated heterocycles. The molecule has 2 atom stereocenters. The number of amides is 1. The molecule has 1 aliphatic rings. The van der Waals surface area contributed by atoms with Gasteiger partial charge < -0.3 is 14.4 Å². The van der Waals surface area contributed by atoms with Crippen molar-refractivity contribution >= 4 is 5.91 Å². The zero-order valence-electron chi connectivity index (χ0n) is 10.6. The van der Waals surface area contributed by atoms with Gasteiger partial charge in [0.1, 0.15) is 0 Å². The molecule has 1 rings (SSSR count). The van der Waals surface area contributed by atoms with Gasteiger partial charge in [0, 0.05) is 20.6 Å². The molecule has 0 spiro atoms. The van der Waals surface area contributed by atoms with Crippen LogP contribution in [0.4, 0.5) is 0 Å². The summed E-state index contributed by atoms with van der Waals surface area (Å²) in [4.78, 5) is 13.9. The molecule has 94 valence electrons. The van der Waals surface area contributed by atoms with Crippen molar-refractivity contribution in [2.24, 2.45) is 0 Å². The van der Waals surface area contributed by atoms with E-state index < -0.39 is 0 Å².